The minimum Gasteiger partial charge on any atom is -0.454 e. The van der Waals surface area contributed by atoms with Gasteiger partial charge in [-0.2, -0.15) is 0 Å². The first kappa shape index (κ1) is 25.1. The van der Waals surface area contributed by atoms with Gasteiger partial charge in [-0.25, -0.2) is 9.97 Å². The monoisotopic (exact) mass is 587 g/mol. The quantitative estimate of drug-likeness (QED) is 0.207. The van der Waals surface area contributed by atoms with Gasteiger partial charge in [0.15, 0.2) is 11.4 Å². The van der Waals surface area contributed by atoms with Crippen molar-refractivity contribution >= 4 is 65.3 Å². The van der Waals surface area contributed by atoms with Gasteiger partial charge in [-0.1, -0.05) is 115 Å². The van der Waals surface area contributed by atoms with Gasteiger partial charge in [0, 0.05) is 38.7 Å². The van der Waals surface area contributed by atoms with Crippen molar-refractivity contribution in [1.82, 2.24) is 14.5 Å². The summed E-state index contributed by atoms with van der Waals surface area (Å²) in [4.78, 5) is 10.3. The highest BCUT2D eigenvalue weighted by molar-refractivity contribution is 6.23. The molecular formula is C42H25N3O. The Morgan fingerprint density at radius 1 is 0.457 bits per heavy atom. The Hall–Kier alpha value is -6.26. The molecule has 0 aliphatic carbocycles. The molecule has 0 aliphatic heterocycles. The zero-order chi connectivity index (χ0) is 30.2. The maximum Gasteiger partial charge on any atom is 0.162 e. The highest BCUT2D eigenvalue weighted by Crippen LogP contribution is 2.42. The number of nitrogens with zero attached hydrogens (tertiary/aromatic N) is 3. The highest BCUT2D eigenvalue weighted by Gasteiger charge is 2.22. The number of rotatable bonds is 3. The van der Waals surface area contributed by atoms with Crippen LogP contribution in [-0.2, 0) is 0 Å². The lowest BCUT2D eigenvalue weighted by Gasteiger charge is -2.12. The Morgan fingerprint density at radius 3 is 1.76 bits per heavy atom. The summed E-state index contributed by atoms with van der Waals surface area (Å²) in [6.45, 7) is 0. The molecule has 7 aromatic carbocycles. The van der Waals surface area contributed by atoms with Crippen molar-refractivity contribution in [3.63, 3.8) is 0 Å². The molecule has 0 saturated carbocycles. The van der Waals surface area contributed by atoms with Gasteiger partial charge in [0.1, 0.15) is 11.4 Å². The van der Waals surface area contributed by atoms with Crippen molar-refractivity contribution in [3.05, 3.63) is 152 Å². The molecule has 46 heavy (non-hydrogen) atoms. The first-order chi connectivity index (χ1) is 22.8. The number of benzene rings is 7. The Balaban J connectivity index is 1.38. The van der Waals surface area contributed by atoms with Crippen LogP contribution in [0.25, 0.3) is 93.8 Å². The molecule has 10 rings (SSSR count). The summed E-state index contributed by atoms with van der Waals surface area (Å²) in [6, 6.07) is 53.1. The van der Waals surface area contributed by atoms with Gasteiger partial charge in [0.2, 0.25) is 0 Å². The Bertz CT molecular complexity index is 2740. The molecule has 0 aliphatic rings. The van der Waals surface area contributed by atoms with Crippen molar-refractivity contribution in [2.45, 2.75) is 0 Å². The third-order valence-electron chi connectivity index (χ3n) is 9.14. The summed E-state index contributed by atoms with van der Waals surface area (Å²) < 4.78 is 9.11. The molecule has 10 aromatic rings. The van der Waals surface area contributed by atoms with Gasteiger partial charge in [0.05, 0.1) is 16.7 Å². The zero-order valence-electron chi connectivity index (χ0n) is 24.7. The average Bonchev–Trinajstić information content (AvgIpc) is 3.65. The fourth-order valence-corrected chi connectivity index (χ4v) is 6.96. The molecule has 3 heterocycles. The van der Waals surface area contributed by atoms with Crippen LogP contribution in [0.1, 0.15) is 0 Å². The molecule has 0 amide bonds. The Labute approximate surface area is 263 Å². The topological polar surface area (TPSA) is 43.9 Å². The van der Waals surface area contributed by atoms with Gasteiger partial charge in [-0.15, -0.1) is 0 Å². The second-order valence-corrected chi connectivity index (χ2v) is 11.9. The maximum atomic E-state index is 6.83. The lowest BCUT2D eigenvalue weighted by Crippen LogP contribution is -2.02. The largest absolute Gasteiger partial charge is 0.454 e. The highest BCUT2D eigenvalue weighted by atomic mass is 16.3. The van der Waals surface area contributed by atoms with E-state index in [2.05, 4.69) is 120 Å². The van der Waals surface area contributed by atoms with Crippen LogP contribution in [-0.4, -0.2) is 14.5 Å². The fourth-order valence-electron chi connectivity index (χ4n) is 6.96. The zero-order valence-corrected chi connectivity index (χ0v) is 24.7. The summed E-state index contributed by atoms with van der Waals surface area (Å²) in [5.41, 5.74) is 6.67. The van der Waals surface area contributed by atoms with Crippen molar-refractivity contribution in [1.29, 1.82) is 0 Å². The molecular weight excluding hydrogens is 562 g/mol. The van der Waals surface area contributed by atoms with Crippen LogP contribution >= 0.6 is 0 Å². The average molecular weight is 588 g/mol. The molecule has 0 bridgehead atoms. The van der Waals surface area contributed by atoms with Crippen LogP contribution in [0.15, 0.2) is 156 Å². The van der Waals surface area contributed by atoms with Gasteiger partial charge in [-0.3, -0.25) is 4.57 Å². The molecule has 3 aromatic heterocycles. The normalized spacial score (nSPS) is 11.9. The summed E-state index contributed by atoms with van der Waals surface area (Å²) >= 11 is 0. The summed E-state index contributed by atoms with van der Waals surface area (Å²) in [5, 5.41) is 9.20. The summed E-state index contributed by atoms with van der Waals surface area (Å²) in [5.74, 6) is 1.47. The third kappa shape index (κ3) is 3.74. The third-order valence-corrected chi connectivity index (χ3v) is 9.14. The molecule has 0 fully saturated rings. The fraction of sp³-hybridized carbons (Fsp3) is 0. The van der Waals surface area contributed by atoms with Crippen LogP contribution in [0.2, 0.25) is 0 Å². The van der Waals surface area contributed by atoms with Crippen molar-refractivity contribution in [2.75, 3.05) is 0 Å². The molecule has 0 N–H and O–H groups in total. The van der Waals surface area contributed by atoms with Crippen molar-refractivity contribution in [3.8, 4) is 28.5 Å². The minimum absolute atomic E-state index is 0.677. The van der Waals surface area contributed by atoms with Crippen LogP contribution in [0.3, 0.4) is 0 Å². The smallest absolute Gasteiger partial charge is 0.162 e. The van der Waals surface area contributed by atoms with Crippen LogP contribution in [0, 0.1) is 0 Å². The van der Waals surface area contributed by atoms with E-state index in [1.54, 1.807) is 0 Å². The molecule has 0 spiro atoms. The predicted octanol–water partition coefficient (Wildman–Crippen LogP) is 11.1. The first-order valence-electron chi connectivity index (χ1n) is 15.5. The lowest BCUT2D eigenvalue weighted by atomic mass is 10.0. The van der Waals surface area contributed by atoms with E-state index < -0.39 is 0 Å². The maximum absolute atomic E-state index is 6.83. The Kier molecular flexibility index (Phi) is 5.25. The number of hydrogen-bond donors (Lipinski definition) is 0. The minimum atomic E-state index is 0.677. The Morgan fingerprint density at radius 2 is 1.04 bits per heavy atom. The van der Waals surface area contributed by atoms with Crippen molar-refractivity contribution in [2.24, 2.45) is 0 Å². The van der Waals surface area contributed by atoms with E-state index in [0.29, 0.717) is 5.82 Å². The van der Waals surface area contributed by atoms with Gasteiger partial charge in [0.25, 0.3) is 0 Å². The van der Waals surface area contributed by atoms with E-state index in [9.17, 15) is 0 Å². The van der Waals surface area contributed by atoms with Gasteiger partial charge < -0.3 is 4.42 Å². The standard InChI is InChI=1S/C42H25N3O/c1-3-11-26(12-4-1)36-25-39(44-42(43-36)27-13-5-2-6-14-27)45-37-23-30-17-9-7-15-28(30)21-34(37)32-19-20-33-35-22-29-16-8-10-18-31(29)24-38(35)46-41(33)40(32)45/h1-25H. The van der Waals surface area contributed by atoms with Crippen LogP contribution in [0.4, 0.5) is 0 Å². The molecule has 0 atom stereocenters. The van der Waals surface area contributed by atoms with E-state index in [-0.39, 0.29) is 0 Å². The number of fused-ring (bicyclic) bond motifs is 9. The van der Waals surface area contributed by atoms with Crippen LogP contribution in [0.5, 0.6) is 0 Å². The second kappa shape index (κ2) is 9.62. The molecule has 214 valence electrons. The van der Waals surface area contributed by atoms with E-state index in [1.165, 1.54) is 16.2 Å². The SMILES string of the molecule is c1ccc(-c2cc(-n3c4cc5ccccc5cc4c4ccc5c6cc7ccccc7cc6oc5c43)nc(-c3ccccc3)n2)cc1. The van der Waals surface area contributed by atoms with Crippen LogP contribution < -0.4 is 0 Å². The van der Waals surface area contributed by atoms with E-state index >= 15 is 0 Å². The van der Waals surface area contributed by atoms with E-state index in [4.69, 9.17) is 14.4 Å². The summed E-state index contributed by atoms with van der Waals surface area (Å²) in [7, 11) is 0. The summed E-state index contributed by atoms with van der Waals surface area (Å²) in [6.07, 6.45) is 0. The molecule has 0 saturated heterocycles. The lowest BCUT2D eigenvalue weighted by molar-refractivity contribution is 0.671. The first-order valence-corrected chi connectivity index (χ1v) is 15.5. The van der Waals surface area contributed by atoms with E-state index in [1.807, 2.05) is 36.4 Å². The molecule has 0 radical (unpaired) electrons. The molecule has 4 nitrogen and oxygen atoms in total. The van der Waals surface area contributed by atoms with Gasteiger partial charge in [-0.05, 0) is 51.9 Å². The van der Waals surface area contributed by atoms with Gasteiger partial charge >= 0.3 is 0 Å². The molecule has 0 unspecified atom stereocenters. The van der Waals surface area contributed by atoms with Crippen molar-refractivity contribution < 1.29 is 4.42 Å². The number of hydrogen-bond acceptors (Lipinski definition) is 3. The second-order valence-electron chi connectivity index (χ2n) is 11.9. The number of furan rings is 1. The number of aromatic nitrogens is 3. The predicted molar refractivity (Wildman–Crippen MR) is 190 cm³/mol. The molecule has 4 heteroatoms. The van der Waals surface area contributed by atoms with E-state index in [0.717, 1.165) is 71.8 Å².